The minimum absolute atomic E-state index is 0.0725. The first-order valence-electron chi connectivity index (χ1n) is 13.8. The second-order valence-electron chi connectivity index (χ2n) is 10.2. The molecule has 0 aromatic heterocycles. The van der Waals surface area contributed by atoms with Gasteiger partial charge in [0.2, 0.25) is 0 Å². The maximum atomic E-state index is 6.56. The molecule has 1 aliphatic rings. The zero-order valence-corrected chi connectivity index (χ0v) is 24.3. The molecule has 3 nitrogen and oxygen atoms in total. The third kappa shape index (κ3) is 9.82. The molecule has 2 aromatic rings. The smallest absolute Gasteiger partial charge is 0.141 e. The Morgan fingerprint density at radius 2 is 1.89 bits per heavy atom. The summed E-state index contributed by atoms with van der Waals surface area (Å²) < 4.78 is 11.9. The van der Waals surface area contributed by atoms with Crippen LogP contribution >= 0.6 is 11.6 Å². The summed E-state index contributed by atoms with van der Waals surface area (Å²) in [6, 6.07) is 12.9. The maximum Gasteiger partial charge on any atom is 0.141 e. The van der Waals surface area contributed by atoms with E-state index in [0.717, 1.165) is 81.3 Å². The van der Waals surface area contributed by atoms with Gasteiger partial charge in [-0.3, -0.25) is 0 Å². The lowest BCUT2D eigenvalue weighted by molar-refractivity contribution is 0.0517. The third-order valence-corrected chi connectivity index (χ3v) is 6.67. The van der Waals surface area contributed by atoms with Gasteiger partial charge >= 0.3 is 0 Å². The maximum absolute atomic E-state index is 6.56. The van der Waals surface area contributed by atoms with Crippen LogP contribution in [0.5, 0.6) is 5.75 Å². The molecule has 0 fully saturated rings. The molecular formula is C32H48ClNO2. The molecule has 0 bridgehead atoms. The first kappa shape index (κ1) is 30.3. The van der Waals surface area contributed by atoms with E-state index in [1.54, 1.807) is 0 Å². The number of hydrogen-bond acceptors (Lipinski definition) is 3. The van der Waals surface area contributed by atoms with E-state index in [0.29, 0.717) is 5.92 Å². The van der Waals surface area contributed by atoms with Crippen molar-refractivity contribution in [2.75, 3.05) is 19.8 Å². The van der Waals surface area contributed by atoms with Crippen LogP contribution in [0.2, 0.25) is 5.02 Å². The van der Waals surface area contributed by atoms with Crippen molar-refractivity contribution in [3.8, 4) is 5.75 Å². The monoisotopic (exact) mass is 513 g/mol. The van der Waals surface area contributed by atoms with E-state index in [-0.39, 0.29) is 6.10 Å². The fourth-order valence-electron chi connectivity index (χ4n) is 4.53. The molecule has 2 aromatic carbocycles. The molecular weight excluding hydrogens is 466 g/mol. The topological polar surface area (TPSA) is 21.7 Å². The van der Waals surface area contributed by atoms with Crippen LogP contribution in [0.25, 0.3) is 0 Å². The Balaban J connectivity index is 0.000000425. The van der Waals surface area contributed by atoms with Gasteiger partial charge in [0.15, 0.2) is 0 Å². The van der Waals surface area contributed by atoms with E-state index in [1.165, 1.54) is 22.3 Å². The first-order valence-corrected chi connectivity index (χ1v) is 14.2. The molecule has 4 heteroatoms. The van der Waals surface area contributed by atoms with Gasteiger partial charge in [-0.15, -0.1) is 0 Å². The van der Waals surface area contributed by atoms with Gasteiger partial charge in [-0.05, 0) is 74.1 Å². The zero-order valence-electron chi connectivity index (χ0n) is 23.5. The lowest BCUT2D eigenvalue weighted by Crippen LogP contribution is -2.33. The summed E-state index contributed by atoms with van der Waals surface area (Å²) in [6.07, 6.45) is 6.44. The molecule has 0 saturated heterocycles. The van der Waals surface area contributed by atoms with Crippen molar-refractivity contribution in [1.82, 2.24) is 4.90 Å². The van der Waals surface area contributed by atoms with E-state index >= 15 is 0 Å². The minimum Gasteiger partial charge on any atom is -0.492 e. The molecule has 0 radical (unpaired) electrons. The van der Waals surface area contributed by atoms with Crippen molar-refractivity contribution < 1.29 is 9.47 Å². The Labute approximate surface area is 225 Å². The molecule has 36 heavy (non-hydrogen) atoms. The SMILES string of the molecule is C=C(C(CC)OCCC)N(Cc1cc(Cl)c2c(c1)CCCCO2)CC(C)C.CCc1cccc(C)c1. The highest BCUT2D eigenvalue weighted by molar-refractivity contribution is 6.32. The average Bonchev–Trinajstić information content (AvgIpc) is 3.10. The van der Waals surface area contributed by atoms with Gasteiger partial charge in [-0.1, -0.05) is 88.7 Å². The lowest BCUT2D eigenvalue weighted by atomic mass is 10.0. The van der Waals surface area contributed by atoms with Crippen molar-refractivity contribution in [3.63, 3.8) is 0 Å². The summed E-state index contributed by atoms with van der Waals surface area (Å²) >= 11 is 6.56. The third-order valence-electron chi connectivity index (χ3n) is 6.39. The predicted molar refractivity (Wildman–Crippen MR) is 155 cm³/mol. The highest BCUT2D eigenvalue weighted by Gasteiger charge is 2.21. The number of ether oxygens (including phenoxy) is 2. The molecule has 0 aliphatic carbocycles. The van der Waals surface area contributed by atoms with E-state index in [1.807, 2.05) is 0 Å². The fourth-order valence-corrected chi connectivity index (χ4v) is 4.85. The lowest BCUT2D eigenvalue weighted by Gasteiger charge is -2.33. The van der Waals surface area contributed by atoms with Gasteiger partial charge in [0.05, 0.1) is 17.7 Å². The van der Waals surface area contributed by atoms with Crippen LogP contribution in [0, 0.1) is 12.8 Å². The number of aryl methyl sites for hydroxylation is 3. The Morgan fingerprint density at radius 3 is 2.50 bits per heavy atom. The number of rotatable bonds is 11. The molecule has 0 spiro atoms. The number of fused-ring (bicyclic) bond motifs is 1. The van der Waals surface area contributed by atoms with Gasteiger partial charge in [-0.2, -0.15) is 0 Å². The molecule has 1 aliphatic heterocycles. The highest BCUT2D eigenvalue weighted by Crippen LogP contribution is 2.34. The van der Waals surface area contributed by atoms with Crippen molar-refractivity contribution in [2.24, 2.45) is 5.92 Å². The van der Waals surface area contributed by atoms with Crippen LogP contribution in [0.3, 0.4) is 0 Å². The fraction of sp³-hybridized carbons (Fsp3) is 0.562. The summed E-state index contributed by atoms with van der Waals surface area (Å²) in [5.74, 6) is 1.43. The second kappa shape index (κ2) is 16.0. The average molecular weight is 514 g/mol. The molecule has 0 N–H and O–H groups in total. The Bertz CT molecular complexity index is 940. The summed E-state index contributed by atoms with van der Waals surface area (Å²) in [5, 5.41) is 0.730. The van der Waals surface area contributed by atoms with Crippen molar-refractivity contribution in [2.45, 2.75) is 92.7 Å². The minimum atomic E-state index is 0.0725. The van der Waals surface area contributed by atoms with E-state index < -0.39 is 0 Å². The van der Waals surface area contributed by atoms with Crippen LogP contribution in [-0.2, 0) is 24.1 Å². The zero-order chi connectivity index (χ0) is 26.5. The number of benzene rings is 2. The van der Waals surface area contributed by atoms with Gasteiger partial charge in [0, 0.05) is 25.4 Å². The molecule has 1 atom stereocenters. The summed E-state index contributed by atoms with van der Waals surface area (Å²) in [5.41, 5.74) is 6.31. The summed E-state index contributed by atoms with van der Waals surface area (Å²) in [4.78, 5) is 2.37. The number of nitrogens with zero attached hydrogens (tertiary/aromatic N) is 1. The summed E-state index contributed by atoms with van der Waals surface area (Å²) in [6.45, 7) is 20.8. The van der Waals surface area contributed by atoms with Crippen LogP contribution < -0.4 is 4.74 Å². The van der Waals surface area contributed by atoms with Crippen LogP contribution in [0.4, 0.5) is 0 Å². The standard InChI is InChI=1S/C23H36ClNO2.C9H12/c1-6-11-26-22(7-2)18(5)25(15-17(3)4)16-19-13-20-10-8-9-12-27-23(20)21(24)14-19;1-3-9-6-4-5-8(2)7-9/h13-14,17,22H,5-12,15-16H2,1-4H3;4-7H,3H2,1-2H3. The van der Waals surface area contributed by atoms with E-state index in [4.69, 9.17) is 21.1 Å². The predicted octanol–water partition coefficient (Wildman–Crippen LogP) is 8.79. The molecule has 200 valence electrons. The van der Waals surface area contributed by atoms with Gasteiger partial charge in [-0.25, -0.2) is 0 Å². The van der Waals surface area contributed by atoms with E-state index in [2.05, 4.69) is 89.4 Å². The largest absolute Gasteiger partial charge is 0.492 e. The van der Waals surface area contributed by atoms with Crippen LogP contribution in [0.1, 0.15) is 82.6 Å². The molecule has 0 amide bonds. The normalized spacial score (nSPS) is 13.7. The molecule has 3 rings (SSSR count). The first-order chi connectivity index (χ1) is 17.3. The van der Waals surface area contributed by atoms with Gasteiger partial charge in [0.1, 0.15) is 5.75 Å². The second-order valence-corrected chi connectivity index (χ2v) is 10.7. The van der Waals surface area contributed by atoms with Crippen LogP contribution in [0.15, 0.2) is 48.7 Å². The Morgan fingerprint density at radius 1 is 1.11 bits per heavy atom. The molecule has 0 saturated carbocycles. The van der Waals surface area contributed by atoms with Crippen LogP contribution in [-0.4, -0.2) is 30.8 Å². The number of hydrogen-bond donors (Lipinski definition) is 0. The van der Waals surface area contributed by atoms with Crippen molar-refractivity contribution in [1.29, 1.82) is 0 Å². The van der Waals surface area contributed by atoms with Crippen molar-refractivity contribution >= 4 is 11.6 Å². The van der Waals surface area contributed by atoms with E-state index in [9.17, 15) is 0 Å². The summed E-state index contributed by atoms with van der Waals surface area (Å²) in [7, 11) is 0. The van der Waals surface area contributed by atoms with Gasteiger partial charge in [0.25, 0.3) is 0 Å². The molecule has 1 unspecified atom stereocenters. The quantitative estimate of drug-likeness (QED) is 0.299. The van der Waals surface area contributed by atoms with Gasteiger partial charge < -0.3 is 14.4 Å². The number of halogens is 1. The van der Waals surface area contributed by atoms with Crippen molar-refractivity contribution in [3.05, 3.63) is 76.0 Å². The Kier molecular flexibility index (Phi) is 13.4. The Hall–Kier alpha value is -1.97. The molecule has 1 heterocycles. The highest BCUT2D eigenvalue weighted by atomic mass is 35.5.